The summed E-state index contributed by atoms with van der Waals surface area (Å²) in [6.45, 7) is 0. The minimum atomic E-state index is -4.51. The van der Waals surface area contributed by atoms with Crippen LogP contribution in [0.5, 0.6) is 0 Å². The van der Waals surface area contributed by atoms with Crippen molar-refractivity contribution in [3.05, 3.63) is 59.9 Å². The number of halogens is 5. The van der Waals surface area contributed by atoms with Crippen molar-refractivity contribution in [1.29, 1.82) is 0 Å². The lowest BCUT2D eigenvalue weighted by Gasteiger charge is -2.15. The van der Waals surface area contributed by atoms with E-state index in [0.717, 1.165) is 6.07 Å². The summed E-state index contributed by atoms with van der Waals surface area (Å²) in [4.78, 5) is 2.00. The van der Waals surface area contributed by atoms with Gasteiger partial charge in [0, 0.05) is 5.56 Å². The lowest BCUT2D eigenvalue weighted by molar-refractivity contribution is 0.0607. The van der Waals surface area contributed by atoms with Gasteiger partial charge < -0.3 is 4.90 Å². The van der Waals surface area contributed by atoms with Crippen LogP contribution in [0.1, 0.15) is 5.56 Å². The Morgan fingerprint density at radius 1 is 0.870 bits per heavy atom. The van der Waals surface area contributed by atoms with Crippen LogP contribution in [-0.4, -0.2) is 33.3 Å². The molecule has 0 atom stereocenters. The van der Waals surface area contributed by atoms with Crippen LogP contribution in [-0.2, 0) is 5.82 Å². The molecule has 2 aromatic rings. The molecule has 0 aromatic heterocycles. The second-order valence-corrected chi connectivity index (χ2v) is 5.30. The monoisotopic (exact) mass is 329 g/mol. The minimum Gasteiger partial charge on any atom is -0.312 e. The fourth-order valence-corrected chi connectivity index (χ4v) is 1.75. The van der Waals surface area contributed by atoms with Gasteiger partial charge in [-0.25, -0.2) is 13.2 Å². The van der Waals surface area contributed by atoms with Crippen molar-refractivity contribution in [3.63, 3.8) is 0 Å². The van der Waals surface area contributed by atoms with Crippen LogP contribution in [0.25, 0.3) is 11.1 Å². The van der Waals surface area contributed by atoms with Gasteiger partial charge >= 0.3 is 13.1 Å². The maximum atomic E-state index is 14.0. The summed E-state index contributed by atoms with van der Waals surface area (Å²) in [6.07, 6.45) is 0. The zero-order valence-corrected chi connectivity index (χ0v) is 13.0. The highest BCUT2D eigenvalue weighted by atomic mass is 19.3. The van der Waals surface area contributed by atoms with E-state index >= 15 is 0 Å². The molecule has 7 heteroatoms. The summed E-state index contributed by atoms with van der Waals surface area (Å²) in [5, 5.41) is 0. The Bertz CT molecular complexity index is 614. The fraction of sp³-hybridized carbons (Fsp3) is 0.250. The van der Waals surface area contributed by atoms with Crippen molar-refractivity contribution in [1.82, 2.24) is 4.90 Å². The molecule has 23 heavy (non-hydrogen) atoms. The van der Waals surface area contributed by atoms with Crippen LogP contribution >= 0.6 is 0 Å². The van der Waals surface area contributed by atoms with Crippen LogP contribution in [0.4, 0.5) is 21.8 Å². The lowest BCUT2D eigenvalue weighted by Crippen LogP contribution is -2.29. The maximum absolute atomic E-state index is 14.0. The first-order chi connectivity index (χ1) is 10.7. The fourth-order valence-electron chi connectivity index (χ4n) is 1.75. The molecule has 0 heterocycles. The van der Waals surface area contributed by atoms with E-state index in [1.54, 1.807) is 18.2 Å². The zero-order valence-electron chi connectivity index (χ0n) is 13.0. The van der Waals surface area contributed by atoms with Gasteiger partial charge in [0.15, 0.2) is 0 Å². The minimum absolute atomic E-state index is 0.126. The molecule has 0 aliphatic heterocycles. The smallest absolute Gasteiger partial charge is 0.312 e. The van der Waals surface area contributed by atoms with Crippen molar-refractivity contribution in [2.75, 3.05) is 21.1 Å². The molecule has 0 unspecified atom stereocenters. The van der Waals surface area contributed by atoms with Gasteiger partial charge in [-0.1, -0.05) is 48.5 Å². The third-order valence-electron chi connectivity index (χ3n) is 2.72. The number of hydrogen-bond acceptors (Lipinski definition) is 1. The molecule has 1 nitrogen and oxygen atoms in total. The Morgan fingerprint density at radius 2 is 1.39 bits per heavy atom. The van der Waals surface area contributed by atoms with Crippen LogP contribution < -0.4 is 0 Å². The van der Waals surface area contributed by atoms with Gasteiger partial charge in [0.2, 0.25) is 0 Å². The lowest BCUT2D eigenvalue weighted by atomic mass is 9.80. The van der Waals surface area contributed by atoms with E-state index < -0.39 is 24.5 Å². The van der Waals surface area contributed by atoms with Crippen LogP contribution in [0, 0.1) is 5.82 Å². The van der Waals surface area contributed by atoms with E-state index in [2.05, 4.69) is 0 Å². The molecule has 0 aliphatic carbocycles. The van der Waals surface area contributed by atoms with Crippen molar-refractivity contribution < 1.29 is 21.8 Å². The standard InChI is InChI=1S/C13H8BF5.C3H9N/c15-12-10(9-5-2-1-3-6-9)7-4-8-11(12)13(16,17)14(18)19;1-4(2)3/h1-8H;1-3H3. The van der Waals surface area contributed by atoms with Crippen LogP contribution in [0.3, 0.4) is 0 Å². The molecule has 0 amide bonds. The normalized spacial score (nSPS) is 11.0. The third-order valence-corrected chi connectivity index (χ3v) is 2.72. The Kier molecular flexibility index (Phi) is 6.75. The first-order valence-electron chi connectivity index (χ1n) is 6.79. The van der Waals surface area contributed by atoms with Gasteiger partial charge in [-0.2, -0.15) is 0 Å². The second-order valence-electron chi connectivity index (χ2n) is 5.30. The van der Waals surface area contributed by atoms with Crippen molar-refractivity contribution in [2.24, 2.45) is 0 Å². The molecule has 0 N–H and O–H groups in total. The van der Waals surface area contributed by atoms with Gasteiger partial charge in [-0.3, -0.25) is 8.63 Å². The highest BCUT2D eigenvalue weighted by Gasteiger charge is 2.51. The molecule has 2 aromatic carbocycles. The average Bonchev–Trinajstić information content (AvgIpc) is 2.47. The molecule has 0 aliphatic rings. The molecule has 0 fully saturated rings. The van der Waals surface area contributed by atoms with Crippen molar-refractivity contribution in [2.45, 2.75) is 5.82 Å². The zero-order chi connectivity index (χ0) is 17.6. The van der Waals surface area contributed by atoms with E-state index in [1.807, 2.05) is 26.0 Å². The Balaban J connectivity index is 0.000000593. The number of rotatable bonds is 3. The SMILES string of the molecule is CN(C)C.FB(F)C(F)(F)c1cccc(-c2ccccc2)c1F. The van der Waals surface area contributed by atoms with E-state index in [9.17, 15) is 21.8 Å². The molecular weight excluding hydrogens is 312 g/mol. The largest absolute Gasteiger partial charge is 0.613 e. The first-order valence-corrected chi connectivity index (χ1v) is 6.79. The quantitative estimate of drug-likeness (QED) is 0.581. The number of benzene rings is 2. The highest BCUT2D eigenvalue weighted by Crippen LogP contribution is 2.37. The van der Waals surface area contributed by atoms with Gasteiger partial charge in [0.25, 0.3) is 0 Å². The molecule has 0 saturated heterocycles. The Labute approximate surface area is 132 Å². The van der Waals surface area contributed by atoms with Gasteiger partial charge in [0.1, 0.15) is 5.82 Å². The van der Waals surface area contributed by atoms with Crippen molar-refractivity contribution >= 4 is 7.27 Å². The number of hydrogen-bond donors (Lipinski definition) is 0. The van der Waals surface area contributed by atoms with E-state index in [4.69, 9.17) is 0 Å². The summed E-state index contributed by atoms with van der Waals surface area (Å²) in [7, 11) is 2.05. The molecule has 0 bridgehead atoms. The molecule has 124 valence electrons. The third kappa shape index (κ3) is 5.06. The average molecular weight is 329 g/mol. The molecule has 0 saturated carbocycles. The van der Waals surface area contributed by atoms with Crippen LogP contribution in [0.15, 0.2) is 48.5 Å². The second kappa shape index (κ2) is 8.10. The molecular formula is C16H17BF5N. The predicted molar refractivity (Wildman–Crippen MR) is 83.3 cm³/mol. The summed E-state index contributed by atoms with van der Waals surface area (Å²) >= 11 is 0. The van der Waals surface area contributed by atoms with Crippen molar-refractivity contribution in [3.8, 4) is 11.1 Å². The van der Waals surface area contributed by atoms with E-state index in [0.29, 0.717) is 11.6 Å². The summed E-state index contributed by atoms with van der Waals surface area (Å²) in [5.74, 6) is -5.83. The molecule has 0 spiro atoms. The van der Waals surface area contributed by atoms with E-state index in [-0.39, 0.29) is 5.56 Å². The molecule has 2 rings (SSSR count). The summed E-state index contributed by atoms with van der Waals surface area (Å²) < 4.78 is 65.1. The number of alkyl halides is 2. The van der Waals surface area contributed by atoms with Crippen LogP contribution in [0.2, 0.25) is 0 Å². The van der Waals surface area contributed by atoms with Gasteiger partial charge in [-0.15, -0.1) is 0 Å². The topological polar surface area (TPSA) is 3.24 Å². The molecule has 0 radical (unpaired) electrons. The Hall–Kier alpha value is -1.89. The highest BCUT2D eigenvalue weighted by molar-refractivity contribution is 6.45. The predicted octanol–water partition coefficient (Wildman–Crippen LogP) is 4.73. The number of nitrogens with zero attached hydrogens (tertiary/aromatic N) is 1. The first kappa shape index (κ1) is 19.2. The Morgan fingerprint density at radius 3 is 1.87 bits per heavy atom. The summed E-state index contributed by atoms with van der Waals surface area (Å²) in [5.41, 5.74) is -1.06. The van der Waals surface area contributed by atoms with Gasteiger partial charge in [-0.05, 0) is 26.7 Å². The maximum Gasteiger partial charge on any atom is 0.613 e. The van der Waals surface area contributed by atoms with E-state index in [1.165, 1.54) is 18.2 Å². The van der Waals surface area contributed by atoms with Gasteiger partial charge in [0.05, 0.1) is 5.56 Å². The summed E-state index contributed by atoms with van der Waals surface area (Å²) in [6, 6.07) is 11.0.